The highest BCUT2D eigenvalue weighted by atomic mass is 16.2. The SMILES string of the molecule is Cc1ccc(C(=O)N(C)C)cc1NCC1CCCCN1C. The van der Waals surface area contributed by atoms with Gasteiger partial charge in [-0.25, -0.2) is 0 Å². The Morgan fingerprint density at radius 1 is 1.38 bits per heavy atom. The van der Waals surface area contributed by atoms with E-state index in [-0.39, 0.29) is 5.91 Å². The molecule has 1 aliphatic rings. The van der Waals surface area contributed by atoms with E-state index in [9.17, 15) is 4.79 Å². The summed E-state index contributed by atoms with van der Waals surface area (Å²) in [5, 5.41) is 3.53. The molecule has 1 atom stereocenters. The van der Waals surface area contributed by atoms with E-state index in [0.29, 0.717) is 6.04 Å². The Kier molecular flexibility index (Phi) is 5.23. The van der Waals surface area contributed by atoms with Gasteiger partial charge in [-0.15, -0.1) is 0 Å². The molecule has 0 spiro atoms. The number of benzene rings is 1. The molecule has 2 rings (SSSR count). The molecule has 4 heteroatoms. The van der Waals surface area contributed by atoms with Crippen LogP contribution in [0.25, 0.3) is 0 Å². The van der Waals surface area contributed by atoms with Gasteiger partial charge in [-0.1, -0.05) is 12.5 Å². The number of likely N-dealkylation sites (N-methyl/N-ethyl adjacent to an activating group) is 1. The molecule has 1 N–H and O–H groups in total. The second kappa shape index (κ2) is 6.94. The first-order valence-electron chi connectivity index (χ1n) is 7.75. The first kappa shape index (κ1) is 15.8. The van der Waals surface area contributed by atoms with Gasteiger partial charge in [0.05, 0.1) is 0 Å². The Hall–Kier alpha value is -1.55. The Morgan fingerprint density at radius 2 is 2.14 bits per heavy atom. The Labute approximate surface area is 128 Å². The smallest absolute Gasteiger partial charge is 0.253 e. The summed E-state index contributed by atoms with van der Waals surface area (Å²) >= 11 is 0. The predicted molar refractivity (Wildman–Crippen MR) is 88.0 cm³/mol. The number of hydrogen-bond acceptors (Lipinski definition) is 3. The number of rotatable bonds is 4. The van der Waals surface area contributed by atoms with Gasteiger partial charge in [0, 0.05) is 37.9 Å². The van der Waals surface area contributed by atoms with Gasteiger partial charge in [0.15, 0.2) is 0 Å². The highest BCUT2D eigenvalue weighted by Gasteiger charge is 2.18. The predicted octanol–water partition coefficient (Wildman–Crippen LogP) is 2.59. The third-order valence-electron chi connectivity index (χ3n) is 4.34. The topological polar surface area (TPSA) is 35.6 Å². The number of amides is 1. The molecule has 21 heavy (non-hydrogen) atoms. The fourth-order valence-electron chi connectivity index (χ4n) is 2.83. The molecule has 116 valence electrons. The zero-order chi connectivity index (χ0) is 15.4. The molecule has 1 heterocycles. The van der Waals surface area contributed by atoms with Crippen molar-refractivity contribution >= 4 is 11.6 Å². The number of nitrogens with zero attached hydrogens (tertiary/aromatic N) is 2. The van der Waals surface area contributed by atoms with E-state index in [1.165, 1.54) is 31.4 Å². The van der Waals surface area contributed by atoms with Crippen LogP contribution in [0.1, 0.15) is 35.2 Å². The summed E-state index contributed by atoms with van der Waals surface area (Å²) in [6.45, 7) is 4.21. The minimum absolute atomic E-state index is 0.0489. The number of anilines is 1. The van der Waals surface area contributed by atoms with Crippen LogP contribution >= 0.6 is 0 Å². The molecule has 0 aliphatic carbocycles. The number of aryl methyl sites for hydroxylation is 1. The van der Waals surface area contributed by atoms with Gasteiger partial charge in [0.2, 0.25) is 0 Å². The normalized spacial score (nSPS) is 19.3. The van der Waals surface area contributed by atoms with Gasteiger partial charge in [0.1, 0.15) is 0 Å². The molecule has 0 radical (unpaired) electrons. The maximum atomic E-state index is 12.1. The molecule has 4 nitrogen and oxygen atoms in total. The van der Waals surface area contributed by atoms with Crippen LogP contribution in [0.3, 0.4) is 0 Å². The molecular weight excluding hydrogens is 262 g/mol. The van der Waals surface area contributed by atoms with E-state index in [1.54, 1.807) is 19.0 Å². The second-order valence-electron chi connectivity index (χ2n) is 6.24. The molecule has 0 bridgehead atoms. The van der Waals surface area contributed by atoms with Crippen molar-refractivity contribution in [1.82, 2.24) is 9.80 Å². The van der Waals surface area contributed by atoms with Crippen molar-refractivity contribution in [2.24, 2.45) is 0 Å². The van der Waals surface area contributed by atoms with Gasteiger partial charge in [0.25, 0.3) is 5.91 Å². The van der Waals surface area contributed by atoms with Crippen molar-refractivity contribution in [3.8, 4) is 0 Å². The lowest BCUT2D eigenvalue weighted by Crippen LogP contribution is -2.40. The van der Waals surface area contributed by atoms with Crippen LogP contribution < -0.4 is 5.32 Å². The van der Waals surface area contributed by atoms with Crippen LogP contribution in [0.2, 0.25) is 0 Å². The maximum absolute atomic E-state index is 12.1. The molecule has 0 aromatic heterocycles. The van der Waals surface area contributed by atoms with Gasteiger partial charge in [-0.05, 0) is 51.1 Å². The van der Waals surface area contributed by atoms with Crippen molar-refractivity contribution in [1.29, 1.82) is 0 Å². The zero-order valence-corrected chi connectivity index (χ0v) is 13.6. The average Bonchev–Trinajstić information content (AvgIpc) is 2.47. The van der Waals surface area contributed by atoms with E-state index >= 15 is 0 Å². The first-order valence-corrected chi connectivity index (χ1v) is 7.75. The van der Waals surface area contributed by atoms with E-state index in [1.807, 2.05) is 18.2 Å². The molecule has 1 aliphatic heterocycles. The van der Waals surface area contributed by atoms with Crippen molar-refractivity contribution in [3.05, 3.63) is 29.3 Å². The summed E-state index contributed by atoms with van der Waals surface area (Å²) in [6.07, 6.45) is 3.87. The minimum atomic E-state index is 0.0489. The number of carbonyl (C=O) groups excluding carboxylic acids is 1. The fourth-order valence-corrected chi connectivity index (χ4v) is 2.83. The average molecular weight is 289 g/mol. The van der Waals surface area contributed by atoms with Gasteiger partial charge in [-0.2, -0.15) is 0 Å². The summed E-state index contributed by atoms with van der Waals surface area (Å²) in [6, 6.07) is 6.48. The number of hydrogen-bond donors (Lipinski definition) is 1. The van der Waals surface area contributed by atoms with Crippen molar-refractivity contribution in [2.75, 3.05) is 39.5 Å². The first-order chi connectivity index (χ1) is 9.99. The lowest BCUT2D eigenvalue weighted by atomic mass is 10.0. The van der Waals surface area contributed by atoms with E-state index in [4.69, 9.17) is 0 Å². The third-order valence-corrected chi connectivity index (χ3v) is 4.34. The van der Waals surface area contributed by atoms with E-state index in [0.717, 1.165) is 17.8 Å². The molecule has 1 aromatic rings. The zero-order valence-electron chi connectivity index (χ0n) is 13.6. The Balaban J connectivity index is 2.05. The molecule has 1 fully saturated rings. The van der Waals surface area contributed by atoms with Crippen molar-refractivity contribution in [3.63, 3.8) is 0 Å². The summed E-state index contributed by atoms with van der Waals surface area (Å²) in [5.41, 5.74) is 3.00. The van der Waals surface area contributed by atoms with E-state index < -0.39 is 0 Å². The molecule has 1 aromatic carbocycles. The number of likely N-dealkylation sites (tertiary alicyclic amines) is 1. The molecular formula is C17H27N3O. The number of carbonyl (C=O) groups is 1. The van der Waals surface area contributed by atoms with E-state index in [2.05, 4.69) is 24.2 Å². The van der Waals surface area contributed by atoms with Gasteiger partial charge in [-0.3, -0.25) is 4.79 Å². The van der Waals surface area contributed by atoms with Crippen LogP contribution in [-0.4, -0.2) is 56.0 Å². The Bertz CT molecular complexity index is 499. The quantitative estimate of drug-likeness (QED) is 0.925. The largest absolute Gasteiger partial charge is 0.383 e. The highest BCUT2D eigenvalue weighted by Crippen LogP contribution is 2.20. The summed E-state index contributed by atoms with van der Waals surface area (Å²) in [7, 11) is 5.77. The van der Waals surface area contributed by atoms with Crippen molar-refractivity contribution < 1.29 is 4.79 Å². The summed E-state index contributed by atoms with van der Waals surface area (Å²) < 4.78 is 0. The van der Waals surface area contributed by atoms with Crippen LogP contribution in [-0.2, 0) is 0 Å². The standard InChI is InChI=1S/C17H27N3O/c1-13-8-9-14(17(21)19(2)3)11-16(13)18-12-15-7-5-6-10-20(15)4/h8-9,11,15,18H,5-7,10,12H2,1-4H3. The Morgan fingerprint density at radius 3 is 2.81 bits per heavy atom. The molecule has 1 unspecified atom stereocenters. The maximum Gasteiger partial charge on any atom is 0.253 e. The monoisotopic (exact) mass is 289 g/mol. The highest BCUT2D eigenvalue weighted by molar-refractivity contribution is 5.95. The third kappa shape index (κ3) is 3.97. The van der Waals surface area contributed by atoms with Crippen LogP contribution in [0.5, 0.6) is 0 Å². The van der Waals surface area contributed by atoms with Crippen LogP contribution in [0.15, 0.2) is 18.2 Å². The van der Waals surface area contributed by atoms with Crippen LogP contribution in [0.4, 0.5) is 5.69 Å². The van der Waals surface area contributed by atoms with Crippen molar-refractivity contribution in [2.45, 2.75) is 32.2 Å². The number of nitrogens with one attached hydrogen (secondary N) is 1. The van der Waals surface area contributed by atoms with Crippen LogP contribution in [0, 0.1) is 6.92 Å². The van der Waals surface area contributed by atoms with Gasteiger partial charge >= 0.3 is 0 Å². The van der Waals surface area contributed by atoms with Gasteiger partial charge < -0.3 is 15.1 Å². The molecule has 0 saturated carbocycles. The number of piperidine rings is 1. The lowest BCUT2D eigenvalue weighted by Gasteiger charge is -2.33. The minimum Gasteiger partial charge on any atom is -0.383 e. The second-order valence-corrected chi connectivity index (χ2v) is 6.24. The summed E-state index contributed by atoms with van der Waals surface area (Å²) in [5.74, 6) is 0.0489. The fraction of sp³-hybridized carbons (Fsp3) is 0.588. The molecule has 1 saturated heterocycles. The molecule has 1 amide bonds. The lowest BCUT2D eigenvalue weighted by molar-refractivity contribution is 0.0827. The summed E-state index contributed by atoms with van der Waals surface area (Å²) in [4.78, 5) is 16.1.